The molecule has 0 spiro atoms. The average molecular weight is 352 g/mol. The predicted octanol–water partition coefficient (Wildman–Crippen LogP) is 2.32. The third kappa shape index (κ3) is 4.98. The first kappa shape index (κ1) is 18.3. The molecule has 2 saturated heterocycles. The van der Waals surface area contributed by atoms with Crippen LogP contribution in [0.25, 0.3) is 0 Å². The normalized spacial score (nSPS) is 30.8. The molecule has 4 atom stereocenters. The van der Waals surface area contributed by atoms with Crippen molar-refractivity contribution in [2.24, 2.45) is 5.92 Å². The largest absolute Gasteiger partial charge is 0.375 e. The molecule has 2 aliphatic rings. The van der Waals surface area contributed by atoms with Gasteiger partial charge in [0.2, 0.25) is 6.41 Å². The second-order valence-electron chi connectivity index (χ2n) is 7.12. The van der Waals surface area contributed by atoms with Gasteiger partial charge >= 0.3 is 0 Å². The summed E-state index contributed by atoms with van der Waals surface area (Å²) in [7, 11) is 0. The van der Waals surface area contributed by atoms with Gasteiger partial charge in [-0.1, -0.05) is 12.1 Å². The molecule has 3 rings (SSSR count). The van der Waals surface area contributed by atoms with E-state index in [1.165, 1.54) is 12.1 Å². The third-order valence-electron chi connectivity index (χ3n) is 5.26. The van der Waals surface area contributed by atoms with E-state index in [1.54, 1.807) is 0 Å². The molecule has 2 heterocycles. The van der Waals surface area contributed by atoms with Crippen molar-refractivity contribution in [2.75, 3.05) is 26.2 Å². The number of hydrogen-bond donors (Lipinski definition) is 1. The smallest absolute Gasteiger partial charge is 0.207 e. The van der Waals surface area contributed by atoms with Gasteiger partial charge in [-0.15, -0.1) is 0 Å². The van der Waals surface area contributed by atoms with Crippen LogP contribution in [0.1, 0.15) is 24.8 Å². The highest BCUT2D eigenvalue weighted by Gasteiger charge is 2.36. The quantitative estimate of drug-likeness (QED) is 0.799. The fraction of sp³-hybridized carbons (Fsp3) is 0.632. The van der Waals surface area contributed by atoms with Gasteiger partial charge < -0.3 is 15.0 Å². The molecule has 2 fully saturated rings. The van der Waals surface area contributed by atoms with Crippen LogP contribution in [0.3, 0.4) is 0 Å². The molecule has 0 radical (unpaired) electrons. The molecule has 0 aromatic heterocycles. The maximum atomic E-state index is 14.1. The lowest BCUT2D eigenvalue weighted by molar-refractivity contribution is -0.115. The molecule has 1 aromatic carbocycles. The van der Waals surface area contributed by atoms with Gasteiger partial charge in [-0.25, -0.2) is 8.78 Å². The number of piperidine rings is 1. The number of ether oxygens (including phenoxy) is 1. The fourth-order valence-corrected chi connectivity index (χ4v) is 4.00. The molecule has 4 nitrogen and oxygen atoms in total. The number of amides is 1. The molecule has 1 aromatic rings. The Labute approximate surface area is 147 Å². The zero-order valence-corrected chi connectivity index (χ0v) is 14.4. The van der Waals surface area contributed by atoms with Gasteiger partial charge in [-0.2, -0.15) is 0 Å². The first-order chi connectivity index (χ1) is 12.2. The first-order valence-electron chi connectivity index (χ1n) is 9.08. The van der Waals surface area contributed by atoms with Crippen molar-refractivity contribution < 1.29 is 18.3 Å². The van der Waals surface area contributed by atoms with E-state index in [0.717, 1.165) is 37.9 Å². The molecule has 2 aliphatic heterocycles. The zero-order chi connectivity index (χ0) is 17.6. The number of nitrogens with zero attached hydrogens (tertiary/aromatic N) is 1. The van der Waals surface area contributed by atoms with Crippen LogP contribution in [-0.4, -0.2) is 55.9 Å². The van der Waals surface area contributed by atoms with E-state index in [2.05, 4.69) is 10.2 Å². The highest BCUT2D eigenvalue weighted by Crippen LogP contribution is 2.24. The summed E-state index contributed by atoms with van der Waals surface area (Å²) in [6.45, 7) is 2.91. The van der Waals surface area contributed by atoms with E-state index in [0.29, 0.717) is 31.9 Å². The Hall–Kier alpha value is -1.53. The summed E-state index contributed by atoms with van der Waals surface area (Å²) in [6.07, 6.45) is 2.68. The Morgan fingerprint density at radius 2 is 2.08 bits per heavy atom. The molecule has 0 saturated carbocycles. The maximum Gasteiger partial charge on any atom is 0.207 e. The number of carbonyl (C=O) groups excluding carboxylic acids is 1. The van der Waals surface area contributed by atoms with E-state index in [4.69, 9.17) is 4.74 Å². The topological polar surface area (TPSA) is 41.6 Å². The lowest BCUT2D eigenvalue weighted by Gasteiger charge is -2.39. The number of carbonyl (C=O) groups is 1. The summed E-state index contributed by atoms with van der Waals surface area (Å²) in [5, 5.41) is 2.59. The van der Waals surface area contributed by atoms with Crippen molar-refractivity contribution in [2.45, 2.75) is 44.0 Å². The number of nitrogens with one attached hydrogen (secondary N) is 1. The fourth-order valence-electron chi connectivity index (χ4n) is 4.00. The summed E-state index contributed by atoms with van der Waals surface area (Å²) < 4.78 is 32.9. The lowest BCUT2D eigenvalue weighted by atomic mass is 9.90. The van der Waals surface area contributed by atoms with Gasteiger partial charge in [0.25, 0.3) is 0 Å². The summed E-state index contributed by atoms with van der Waals surface area (Å²) in [6, 6.07) is 6.13. The highest BCUT2D eigenvalue weighted by atomic mass is 19.1. The van der Waals surface area contributed by atoms with Crippen LogP contribution in [0, 0.1) is 11.7 Å². The van der Waals surface area contributed by atoms with Gasteiger partial charge in [0, 0.05) is 26.1 Å². The van der Waals surface area contributed by atoms with Gasteiger partial charge in [0.1, 0.15) is 12.0 Å². The number of alkyl halides is 1. The van der Waals surface area contributed by atoms with E-state index < -0.39 is 12.2 Å². The molecule has 1 N–H and O–H groups in total. The van der Waals surface area contributed by atoms with Gasteiger partial charge in [-0.05, 0) is 49.4 Å². The summed E-state index contributed by atoms with van der Waals surface area (Å²) in [5.74, 6) is 0.291. The molecular formula is C19H26F2N2O2. The van der Waals surface area contributed by atoms with Crippen LogP contribution in [0.15, 0.2) is 24.3 Å². The van der Waals surface area contributed by atoms with Crippen molar-refractivity contribution in [3.8, 4) is 0 Å². The summed E-state index contributed by atoms with van der Waals surface area (Å²) in [5.41, 5.74) is 1.14. The van der Waals surface area contributed by atoms with Crippen molar-refractivity contribution in [3.05, 3.63) is 35.6 Å². The van der Waals surface area contributed by atoms with Gasteiger partial charge in [-0.3, -0.25) is 4.79 Å². The SMILES string of the molecule is O=CN[C@@H]1[C@H](F)CCO[C@@H]1CN1CCC[C@@H](Cc2ccc(F)cc2)C1. The second-order valence-corrected chi connectivity index (χ2v) is 7.12. The predicted molar refractivity (Wildman–Crippen MR) is 91.5 cm³/mol. The molecule has 25 heavy (non-hydrogen) atoms. The van der Waals surface area contributed by atoms with E-state index in [9.17, 15) is 13.6 Å². The molecule has 0 unspecified atom stereocenters. The van der Waals surface area contributed by atoms with Crippen LogP contribution in [0.4, 0.5) is 8.78 Å². The minimum Gasteiger partial charge on any atom is -0.375 e. The molecule has 0 aliphatic carbocycles. The van der Waals surface area contributed by atoms with Crippen LogP contribution < -0.4 is 5.32 Å². The second kappa shape index (κ2) is 8.72. The maximum absolute atomic E-state index is 14.1. The minimum atomic E-state index is -1.05. The van der Waals surface area contributed by atoms with E-state index in [-0.39, 0.29) is 11.9 Å². The number of rotatable bonds is 6. The number of hydrogen-bond acceptors (Lipinski definition) is 3. The van der Waals surface area contributed by atoms with E-state index >= 15 is 0 Å². The van der Waals surface area contributed by atoms with Crippen molar-refractivity contribution in [3.63, 3.8) is 0 Å². The van der Waals surface area contributed by atoms with Crippen LogP contribution >= 0.6 is 0 Å². The van der Waals surface area contributed by atoms with Crippen LogP contribution in [0.5, 0.6) is 0 Å². The number of benzene rings is 1. The molecular weight excluding hydrogens is 326 g/mol. The molecule has 138 valence electrons. The summed E-state index contributed by atoms with van der Waals surface area (Å²) >= 11 is 0. The van der Waals surface area contributed by atoms with Crippen molar-refractivity contribution >= 4 is 6.41 Å². The average Bonchev–Trinajstić information content (AvgIpc) is 2.60. The summed E-state index contributed by atoms with van der Waals surface area (Å²) in [4.78, 5) is 13.1. The molecule has 0 bridgehead atoms. The van der Waals surface area contributed by atoms with Crippen LogP contribution in [-0.2, 0) is 16.0 Å². The Morgan fingerprint density at radius 3 is 2.84 bits per heavy atom. The molecule has 1 amide bonds. The highest BCUT2D eigenvalue weighted by molar-refractivity contribution is 5.47. The van der Waals surface area contributed by atoms with Gasteiger partial charge in [0.15, 0.2) is 0 Å². The standard InChI is InChI=1S/C19H26F2N2O2/c20-16-5-3-14(4-6-16)10-15-2-1-8-23(11-15)12-18-19(22-13-24)17(21)7-9-25-18/h3-6,13,15,17-19H,1-2,7-12H2,(H,22,24)/t15-,17+,18+,19+/m0/s1. The first-order valence-corrected chi connectivity index (χ1v) is 9.08. The monoisotopic (exact) mass is 352 g/mol. The van der Waals surface area contributed by atoms with Crippen molar-refractivity contribution in [1.29, 1.82) is 0 Å². The number of halogens is 2. The Morgan fingerprint density at radius 1 is 1.28 bits per heavy atom. The van der Waals surface area contributed by atoms with E-state index in [1.807, 2.05) is 12.1 Å². The Bertz CT molecular complexity index is 555. The lowest BCUT2D eigenvalue weighted by Crippen LogP contribution is -2.56. The Kier molecular flexibility index (Phi) is 6.37. The molecule has 6 heteroatoms. The van der Waals surface area contributed by atoms with Crippen LogP contribution in [0.2, 0.25) is 0 Å². The Balaban J connectivity index is 1.55. The zero-order valence-electron chi connectivity index (χ0n) is 14.4. The van der Waals surface area contributed by atoms with Gasteiger partial charge in [0.05, 0.1) is 12.1 Å². The number of likely N-dealkylation sites (tertiary alicyclic amines) is 1. The third-order valence-corrected chi connectivity index (χ3v) is 5.26. The van der Waals surface area contributed by atoms with Crippen molar-refractivity contribution in [1.82, 2.24) is 10.2 Å². The minimum absolute atomic E-state index is 0.210.